The van der Waals surface area contributed by atoms with Crippen molar-refractivity contribution >= 4 is 15.7 Å². The summed E-state index contributed by atoms with van der Waals surface area (Å²) >= 11 is 0. The van der Waals surface area contributed by atoms with Gasteiger partial charge in [0.05, 0.1) is 24.6 Å². The van der Waals surface area contributed by atoms with Crippen molar-refractivity contribution in [2.45, 2.75) is 25.9 Å². The van der Waals surface area contributed by atoms with Gasteiger partial charge in [-0.15, -0.1) is 0 Å². The number of nitrogens with two attached hydrogens (primary N) is 1. The molecule has 7 heteroatoms. The van der Waals surface area contributed by atoms with Crippen molar-refractivity contribution in [2.24, 2.45) is 5.73 Å². The number of carbonyl (C=O) groups excluding carboxylic acids is 1. The first-order valence-corrected chi connectivity index (χ1v) is 8.14. The Morgan fingerprint density at radius 1 is 1.53 bits per heavy atom. The first kappa shape index (κ1) is 15.7. The van der Waals surface area contributed by atoms with Gasteiger partial charge >= 0.3 is 0 Å². The lowest BCUT2D eigenvalue weighted by molar-refractivity contribution is -0.133. The molecule has 1 atom stereocenters. The van der Waals surface area contributed by atoms with Crippen LogP contribution in [0.1, 0.15) is 19.1 Å². The van der Waals surface area contributed by atoms with Crippen LogP contribution in [0.15, 0.2) is 22.8 Å². The predicted molar refractivity (Wildman–Crippen MR) is 72.1 cm³/mol. The molecule has 0 fully saturated rings. The van der Waals surface area contributed by atoms with Gasteiger partial charge in [-0.25, -0.2) is 8.42 Å². The quantitative estimate of drug-likeness (QED) is 0.783. The first-order valence-electron chi connectivity index (χ1n) is 6.08. The standard InChI is InChI=1S/C12H20N2O4S/c1-3-14(9-10-5-4-7-18-10)12(15)11(13)6-8-19(2,16)17/h4-5,7,11H,3,6,8-9,13H2,1-2H3. The summed E-state index contributed by atoms with van der Waals surface area (Å²) in [5.74, 6) is 0.325. The molecule has 0 spiro atoms. The summed E-state index contributed by atoms with van der Waals surface area (Å²) in [6.45, 7) is 2.67. The van der Waals surface area contributed by atoms with E-state index >= 15 is 0 Å². The molecule has 108 valence electrons. The maximum Gasteiger partial charge on any atom is 0.239 e. The van der Waals surface area contributed by atoms with E-state index in [2.05, 4.69) is 0 Å². The first-order chi connectivity index (χ1) is 8.83. The lowest BCUT2D eigenvalue weighted by Gasteiger charge is -2.23. The number of amides is 1. The smallest absolute Gasteiger partial charge is 0.239 e. The molecule has 19 heavy (non-hydrogen) atoms. The second kappa shape index (κ2) is 6.72. The van der Waals surface area contributed by atoms with Gasteiger partial charge in [-0.05, 0) is 25.5 Å². The third-order valence-electron chi connectivity index (χ3n) is 2.74. The average molecular weight is 288 g/mol. The number of sulfone groups is 1. The fraction of sp³-hybridized carbons (Fsp3) is 0.583. The van der Waals surface area contributed by atoms with Gasteiger partial charge in [0.15, 0.2) is 0 Å². The SMILES string of the molecule is CCN(Cc1ccco1)C(=O)C(N)CCS(C)(=O)=O. The summed E-state index contributed by atoms with van der Waals surface area (Å²) < 4.78 is 27.3. The van der Waals surface area contributed by atoms with Crippen LogP contribution in [0.5, 0.6) is 0 Å². The summed E-state index contributed by atoms with van der Waals surface area (Å²) in [7, 11) is -3.10. The van der Waals surface area contributed by atoms with E-state index in [0.29, 0.717) is 18.8 Å². The minimum atomic E-state index is -3.10. The normalized spacial score (nSPS) is 13.2. The van der Waals surface area contributed by atoms with Crippen LogP contribution >= 0.6 is 0 Å². The highest BCUT2D eigenvalue weighted by Gasteiger charge is 2.21. The monoisotopic (exact) mass is 288 g/mol. The highest BCUT2D eigenvalue weighted by atomic mass is 32.2. The van der Waals surface area contributed by atoms with Crippen molar-refractivity contribution in [1.29, 1.82) is 0 Å². The van der Waals surface area contributed by atoms with Crippen LogP contribution in [0, 0.1) is 0 Å². The lowest BCUT2D eigenvalue weighted by Crippen LogP contribution is -2.44. The summed E-state index contributed by atoms with van der Waals surface area (Å²) in [6, 6.07) is 2.72. The zero-order chi connectivity index (χ0) is 14.5. The molecule has 1 aromatic rings. The van der Waals surface area contributed by atoms with Gasteiger partial charge in [-0.3, -0.25) is 4.79 Å². The van der Waals surface area contributed by atoms with Crippen molar-refractivity contribution in [2.75, 3.05) is 18.6 Å². The van der Waals surface area contributed by atoms with Gasteiger partial charge in [-0.2, -0.15) is 0 Å². The fourth-order valence-electron chi connectivity index (χ4n) is 1.64. The molecule has 0 aromatic carbocycles. The Labute approximate surface area is 113 Å². The van der Waals surface area contributed by atoms with Gasteiger partial charge in [0.1, 0.15) is 15.6 Å². The van der Waals surface area contributed by atoms with E-state index in [0.717, 1.165) is 6.26 Å². The molecule has 0 bridgehead atoms. The van der Waals surface area contributed by atoms with E-state index in [9.17, 15) is 13.2 Å². The van der Waals surface area contributed by atoms with Crippen LogP contribution in [0.4, 0.5) is 0 Å². The molecule has 1 rings (SSSR count). The summed E-state index contributed by atoms with van der Waals surface area (Å²) in [4.78, 5) is 13.6. The number of rotatable bonds is 7. The van der Waals surface area contributed by atoms with Crippen molar-refractivity contribution < 1.29 is 17.6 Å². The molecule has 0 saturated heterocycles. The van der Waals surface area contributed by atoms with E-state index in [1.54, 1.807) is 17.0 Å². The second-order valence-electron chi connectivity index (χ2n) is 4.46. The van der Waals surface area contributed by atoms with E-state index in [-0.39, 0.29) is 18.1 Å². The molecule has 0 aliphatic rings. The number of likely N-dealkylation sites (N-methyl/N-ethyl adjacent to an activating group) is 1. The van der Waals surface area contributed by atoms with E-state index in [1.807, 2.05) is 6.92 Å². The van der Waals surface area contributed by atoms with Crippen LogP contribution in [-0.2, 0) is 21.2 Å². The Balaban J connectivity index is 2.57. The van der Waals surface area contributed by atoms with Crippen LogP contribution in [0.2, 0.25) is 0 Å². The molecule has 0 aliphatic carbocycles. The summed E-state index contributed by atoms with van der Waals surface area (Å²) in [5, 5.41) is 0. The summed E-state index contributed by atoms with van der Waals surface area (Å²) in [5.41, 5.74) is 5.74. The number of carbonyl (C=O) groups is 1. The van der Waals surface area contributed by atoms with Gasteiger partial charge in [0.2, 0.25) is 5.91 Å². The van der Waals surface area contributed by atoms with Gasteiger partial charge in [0, 0.05) is 12.8 Å². The average Bonchev–Trinajstić information content (AvgIpc) is 2.84. The Bertz CT molecular complexity index is 496. The minimum absolute atomic E-state index is 0.0851. The second-order valence-corrected chi connectivity index (χ2v) is 6.72. The van der Waals surface area contributed by atoms with Gasteiger partial charge in [-0.1, -0.05) is 0 Å². The topological polar surface area (TPSA) is 93.6 Å². The molecular weight excluding hydrogens is 268 g/mol. The van der Waals surface area contributed by atoms with Crippen LogP contribution in [0.25, 0.3) is 0 Å². The number of hydrogen-bond acceptors (Lipinski definition) is 5. The Morgan fingerprint density at radius 2 is 2.21 bits per heavy atom. The van der Waals surface area contributed by atoms with Crippen molar-refractivity contribution in [3.05, 3.63) is 24.2 Å². The number of hydrogen-bond donors (Lipinski definition) is 1. The molecular formula is C12H20N2O4S. The molecule has 0 saturated carbocycles. The third kappa shape index (κ3) is 5.44. The Kier molecular flexibility index (Phi) is 5.56. The number of nitrogens with zero attached hydrogens (tertiary/aromatic N) is 1. The zero-order valence-electron chi connectivity index (χ0n) is 11.2. The summed E-state index contributed by atoms with van der Waals surface area (Å²) in [6.07, 6.45) is 2.80. The van der Waals surface area contributed by atoms with Crippen molar-refractivity contribution in [3.63, 3.8) is 0 Å². The van der Waals surface area contributed by atoms with Gasteiger partial charge < -0.3 is 15.1 Å². The minimum Gasteiger partial charge on any atom is -0.467 e. The molecule has 0 aliphatic heterocycles. The van der Waals surface area contributed by atoms with Crippen LogP contribution in [0.3, 0.4) is 0 Å². The molecule has 6 nitrogen and oxygen atoms in total. The zero-order valence-corrected chi connectivity index (χ0v) is 12.0. The van der Waals surface area contributed by atoms with Crippen molar-refractivity contribution in [1.82, 2.24) is 4.90 Å². The Morgan fingerprint density at radius 3 is 2.68 bits per heavy atom. The molecule has 1 unspecified atom stereocenters. The molecule has 1 heterocycles. The fourth-order valence-corrected chi connectivity index (χ4v) is 2.32. The third-order valence-corrected chi connectivity index (χ3v) is 3.71. The maximum atomic E-state index is 12.1. The predicted octanol–water partition coefficient (Wildman–Crippen LogP) is 0.390. The highest BCUT2D eigenvalue weighted by molar-refractivity contribution is 7.90. The highest BCUT2D eigenvalue weighted by Crippen LogP contribution is 2.08. The molecule has 1 aromatic heterocycles. The van der Waals surface area contributed by atoms with Crippen LogP contribution < -0.4 is 5.73 Å². The molecule has 2 N–H and O–H groups in total. The van der Waals surface area contributed by atoms with E-state index in [4.69, 9.17) is 10.2 Å². The maximum absolute atomic E-state index is 12.1. The largest absolute Gasteiger partial charge is 0.467 e. The lowest BCUT2D eigenvalue weighted by atomic mass is 10.2. The molecule has 1 amide bonds. The number of furan rings is 1. The molecule has 0 radical (unpaired) electrons. The Hall–Kier alpha value is -1.34. The van der Waals surface area contributed by atoms with E-state index < -0.39 is 15.9 Å². The van der Waals surface area contributed by atoms with Crippen LogP contribution in [-0.4, -0.2) is 43.8 Å². The van der Waals surface area contributed by atoms with Crippen molar-refractivity contribution in [3.8, 4) is 0 Å². The van der Waals surface area contributed by atoms with Gasteiger partial charge in [0.25, 0.3) is 0 Å². The van der Waals surface area contributed by atoms with E-state index in [1.165, 1.54) is 6.26 Å².